The number of carbonyl (C=O) groups is 1. The van der Waals surface area contributed by atoms with Crippen LogP contribution in [-0.2, 0) is 13.0 Å². The Hall–Kier alpha value is -4.72. The lowest BCUT2D eigenvalue weighted by molar-refractivity contribution is 0.0937. The summed E-state index contributed by atoms with van der Waals surface area (Å²) in [5.41, 5.74) is 2.68. The van der Waals surface area contributed by atoms with Gasteiger partial charge in [0.05, 0.1) is 24.1 Å². The van der Waals surface area contributed by atoms with Gasteiger partial charge < -0.3 is 14.6 Å². The number of hydrogen-bond donors (Lipinski definition) is 2. The maximum Gasteiger partial charge on any atom is 0.267 e. The molecule has 0 aliphatic carbocycles. The number of fused-ring (bicyclic) bond motifs is 2. The molecule has 0 saturated heterocycles. The molecule has 8 nitrogen and oxygen atoms in total. The largest absolute Gasteiger partial charge is 0.497 e. The Morgan fingerprint density at radius 1 is 1.05 bits per heavy atom. The number of hydrogen-bond acceptors (Lipinski definition) is 5. The molecule has 1 atom stereocenters. The van der Waals surface area contributed by atoms with Crippen LogP contribution in [0, 0.1) is 5.41 Å². The van der Waals surface area contributed by atoms with E-state index in [1.165, 1.54) is 10.5 Å². The van der Waals surface area contributed by atoms with E-state index >= 15 is 0 Å². The van der Waals surface area contributed by atoms with E-state index in [1.54, 1.807) is 30.0 Å². The molecule has 0 saturated carbocycles. The predicted octanol–water partition coefficient (Wildman–Crippen LogP) is 3.87. The van der Waals surface area contributed by atoms with Crippen LogP contribution in [0.2, 0.25) is 0 Å². The van der Waals surface area contributed by atoms with Crippen LogP contribution >= 0.6 is 0 Å². The summed E-state index contributed by atoms with van der Waals surface area (Å²) in [6.07, 6.45) is 2.23. The fourth-order valence-electron chi connectivity index (χ4n) is 4.41. The van der Waals surface area contributed by atoms with Crippen LogP contribution in [0.25, 0.3) is 16.7 Å². The summed E-state index contributed by atoms with van der Waals surface area (Å²) in [7, 11) is 1.62. The van der Waals surface area contributed by atoms with Crippen molar-refractivity contribution in [2.45, 2.75) is 25.9 Å². The molecule has 186 valence electrons. The first-order valence-corrected chi connectivity index (χ1v) is 12.0. The highest BCUT2D eigenvalue weighted by Crippen LogP contribution is 2.16. The number of nitrogens with one attached hydrogen (secondary N) is 2. The van der Waals surface area contributed by atoms with Crippen molar-refractivity contribution in [3.63, 3.8) is 0 Å². The van der Waals surface area contributed by atoms with Crippen LogP contribution in [0.5, 0.6) is 5.75 Å². The number of pyridine rings is 2. The highest BCUT2D eigenvalue weighted by atomic mass is 16.5. The highest BCUT2D eigenvalue weighted by molar-refractivity contribution is 5.97. The van der Waals surface area contributed by atoms with Crippen molar-refractivity contribution >= 4 is 22.6 Å². The number of ether oxygens (including phenoxy) is 1. The Bertz CT molecular complexity index is 1710. The monoisotopic (exact) mass is 493 g/mol. The minimum Gasteiger partial charge on any atom is -0.497 e. The van der Waals surface area contributed by atoms with E-state index in [4.69, 9.17) is 15.1 Å². The third-order valence-electron chi connectivity index (χ3n) is 6.49. The van der Waals surface area contributed by atoms with Crippen LogP contribution in [-0.4, -0.2) is 27.0 Å². The molecule has 0 aliphatic heterocycles. The molecule has 0 bridgehead atoms. The zero-order valence-corrected chi connectivity index (χ0v) is 20.6. The number of nitrogens with zero attached hydrogens (tertiary/aromatic N) is 3. The maximum atomic E-state index is 13.4. The average molecular weight is 494 g/mol. The first-order chi connectivity index (χ1) is 18.0. The lowest BCUT2D eigenvalue weighted by atomic mass is 10.1. The summed E-state index contributed by atoms with van der Waals surface area (Å²) in [4.78, 5) is 31.5. The first kappa shape index (κ1) is 24.0. The van der Waals surface area contributed by atoms with Gasteiger partial charge in [-0.3, -0.25) is 19.4 Å². The number of aryl methyl sites for hydroxylation is 2. The minimum absolute atomic E-state index is 0.00551. The van der Waals surface area contributed by atoms with Gasteiger partial charge in [-0.1, -0.05) is 48.5 Å². The molecule has 1 amide bonds. The third-order valence-corrected chi connectivity index (χ3v) is 6.49. The van der Waals surface area contributed by atoms with E-state index in [9.17, 15) is 9.59 Å². The van der Waals surface area contributed by atoms with E-state index in [0.29, 0.717) is 24.3 Å². The second-order valence-electron chi connectivity index (χ2n) is 8.85. The fourth-order valence-corrected chi connectivity index (χ4v) is 4.41. The molecule has 3 aromatic heterocycles. The second kappa shape index (κ2) is 10.1. The van der Waals surface area contributed by atoms with Crippen LogP contribution in [0.15, 0.2) is 89.9 Å². The lowest BCUT2D eigenvalue weighted by Crippen LogP contribution is -2.36. The third kappa shape index (κ3) is 4.73. The predicted molar refractivity (Wildman–Crippen MR) is 142 cm³/mol. The summed E-state index contributed by atoms with van der Waals surface area (Å²) >= 11 is 0. The first-order valence-electron chi connectivity index (χ1n) is 12.0. The van der Waals surface area contributed by atoms with Gasteiger partial charge in [0.15, 0.2) is 0 Å². The molecule has 0 radical (unpaired) electrons. The van der Waals surface area contributed by atoms with Gasteiger partial charge in [-0.25, -0.2) is 4.98 Å². The van der Waals surface area contributed by atoms with Gasteiger partial charge in [0.1, 0.15) is 22.5 Å². The summed E-state index contributed by atoms with van der Waals surface area (Å²) < 4.78 is 8.34. The highest BCUT2D eigenvalue weighted by Gasteiger charge is 2.19. The fraction of sp³-hybridized carbons (Fsp3) is 0.172. The van der Waals surface area contributed by atoms with E-state index in [2.05, 4.69) is 5.32 Å². The Labute approximate surface area is 213 Å². The quantitative estimate of drug-likeness (QED) is 0.336. The molecule has 0 aliphatic rings. The standard InChI is InChI=1S/C29H27N5O3/c1-19(21-8-4-3-5-9-21)31-28(35)23-18-24-27(32-25-10-6-7-16-33(25)29(24)36)34(26(23)30)17-15-20-11-13-22(37-2)14-12-20/h3-14,16,18-19,30H,15,17H2,1-2H3,(H,31,35). The summed E-state index contributed by atoms with van der Waals surface area (Å²) in [6.45, 7) is 2.26. The topological polar surface area (TPSA) is 101 Å². The van der Waals surface area contributed by atoms with E-state index in [0.717, 1.165) is 16.9 Å². The molecule has 8 heteroatoms. The molecule has 5 rings (SSSR count). The zero-order chi connectivity index (χ0) is 25.9. The van der Waals surface area contributed by atoms with Crippen molar-refractivity contribution in [2.24, 2.45) is 0 Å². The van der Waals surface area contributed by atoms with Crippen molar-refractivity contribution in [2.75, 3.05) is 7.11 Å². The van der Waals surface area contributed by atoms with Gasteiger partial charge in [0.2, 0.25) is 0 Å². The minimum atomic E-state index is -0.418. The Kier molecular flexibility index (Phi) is 6.55. The smallest absolute Gasteiger partial charge is 0.267 e. The molecule has 2 N–H and O–H groups in total. The van der Waals surface area contributed by atoms with Gasteiger partial charge in [0.25, 0.3) is 11.5 Å². The molecule has 37 heavy (non-hydrogen) atoms. The van der Waals surface area contributed by atoms with Crippen molar-refractivity contribution in [1.29, 1.82) is 5.41 Å². The van der Waals surface area contributed by atoms with Gasteiger partial charge >= 0.3 is 0 Å². The SMILES string of the molecule is COc1ccc(CCn2c(=N)c(C(=O)NC(C)c3ccccc3)cc3c(=O)n4ccccc4nc32)cc1. The number of methoxy groups -OCH3 is 1. The summed E-state index contributed by atoms with van der Waals surface area (Å²) in [5.74, 6) is 0.342. The van der Waals surface area contributed by atoms with Gasteiger partial charge in [-0.2, -0.15) is 0 Å². The average Bonchev–Trinajstić information content (AvgIpc) is 2.93. The van der Waals surface area contributed by atoms with Gasteiger partial charge in [-0.05, 0) is 54.8 Å². The molecular weight excluding hydrogens is 466 g/mol. The van der Waals surface area contributed by atoms with Crippen molar-refractivity contribution in [1.82, 2.24) is 19.3 Å². The Balaban J connectivity index is 1.60. The van der Waals surface area contributed by atoms with Crippen LogP contribution in [0.3, 0.4) is 0 Å². The normalized spacial score (nSPS) is 11.9. The molecule has 0 spiro atoms. The van der Waals surface area contributed by atoms with Crippen LogP contribution in [0.1, 0.15) is 34.5 Å². The van der Waals surface area contributed by atoms with E-state index in [1.807, 2.05) is 67.6 Å². The molecule has 3 heterocycles. The van der Waals surface area contributed by atoms with Crippen molar-refractivity contribution < 1.29 is 9.53 Å². The lowest BCUT2D eigenvalue weighted by Gasteiger charge is -2.17. The molecular formula is C29H27N5O3. The van der Waals surface area contributed by atoms with Gasteiger partial charge in [0, 0.05) is 12.7 Å². The Morgan fingerprint density at radius 3 is 2.51 bits per heavy atom. The molecule has 0 fully saturated rings. The van der Waals surface area contributed by atoms with Gasteiger partial charge in [-0.15, -0.1) is 0 Å². The molecule has 1 unspecified atom stereocenters. The van der Waals surface area contributed by atoms with Crippen LogP contribution in [0.4, 0.5) is 0 Å². The number of carbonyl (C=O) groups excluding carboxylic acids is 1. The number of aromatic nitrogens is 3. The summed E-state index contributed by atoms with van der Waals surface area (Å²) in [5, 5.41) is 12.2. The Morgan fingerprint density at radius 2 is 1.78 bits per heavy atom. The van der Waals surface area contributed by atoms with E-state index in [-0.39, 0.29) is 28.0 Å². The molecule has 5 aromatic rings. The van der Waals surface area contributed by atoms with Crippen LogP contribution < -0.4 is 21.1 Å². The maximum absolute atomic E-state index is 13.4. The number of amides is 1. The van der Waals surface area contributed by atoms with E-state index < -0.39 is 5.91 Å². The van der Waals surface area contributed by atoms with Crippen molar-refractivity contribution in [3.8, 4) is 5.75 Å². The number of rotatable bonds is 7. The summed E-state index contributed by atoms with van der Waals surface area (Å²) in [6, 6.07) is 23.8. The molecule has 2 aromatic carbocycles. The van der Waals surface area contributed by atoms with Crippen molar-refractivity contribution in [3.05, 3.63) is 118 Å². The second-order valence-corrected chi connectivity index (χ2v) is 8.85. The zero-order valence-electron chi connectivity index (χ0n) is 20.6. The number of benzene rings is 2.